The third-order valence-electron chi connectivity index (χ3n) is 3.92. The lowest BCUT2D eigenvalue weighted by molar-refractivity contribution is 0.111. The molecule has 1 aliphatic heterocycles. The highest BCUT2D eigenvalue weighted by Gasteiger charge is 2.21. The second-order valence-corrected chi connectivity index (χ2v) is 6.17. The van der Waals surface area contributed by atoms with Gasteiger partial charge in [0.25, 0.3) is 0 Å². The minimum atomic E-state index is 0.421. The molecule has 0 unspecified atom stereocenters. The number of hydrogen-bond acceptors (Lipinski definition) is 3. The Hall–Kier alpha value is -2.53. The number of halogens is 1. The predicted molar refractivity (Wildman–Crippen MR) is 92.4 cm³/mol. The highest BCUT2D eigenvalue weighted by Crippen LogP contribution is 2.28. The number of imidazole rings is 1. The Kier molecular flexibility index (Phi) is 3.42. The van der Waals surface area contributed by atoms with Gasteiger partial charge in [0, 0.05) is 15.6 Å². The summed E-state index contributed by atoms with van der Waals surface area (Å²) in [6.07, 6.45) is 2.47. The van der Waals surface area contributed by atoms with Crippen LogP contribution >= 0.6 is 15.9 Å². The molecule has 0 bridgehead atoms. The number of hydrogen-bond donors (Lipinski definition) is 0. The quantitative estimate of drug-likeness (QED) is 0.648. The second-order valence-electron chi connectivity index (χ2n) is 5.26. The lowest BCUT2D eigenvalue weighted by Crippen LogP contribution is -2.06. The minimum absolute atomic E-state index is 0.421. The van der Waals surface area contributed by atoms with Crippen LogP contribution in [-0.4, -0.2) is 21.5 Å². The van der Waals surface area contributed by atoms with E-state index in [0.29, 0.717) is 12.2 Å². The van der Waals surface area contributed by atoms with Crippen LogP contribution in [0.4, 0.5) is 0 Å². The summed E-state index contributed by atoms with van der Waals surface area (Å²) < 4.78 is 2.93. The lowest BCUT2D eigenvalue weighted by atomic mass is 10.0. The molecule has 0 amide bonds. The van der Waals surface area contributed by atoms with Crippen LogP contribution in [0.25, 0.3) is 5.69 Å². The Morgan fingerprint density at radius 1 is 1.13 bits per heavy atom. The van der Waals surface area contributed by atoms with E-state index in [-0.39, 0.29) is 0 Å². The number of benzene rings is 2. The molecular weight excluding hydrogens is 354 g/mol. The summed E-state index contributed by atoms with van der Waals surface area (Å²) in [5, 5.41) is 0. The zero-order valence-corrected chi connectivity index (χ0v) is 13.7. The Labute approximate surface area is 141 Å². The summed E-state index contributed by atoms with van der Waals surface area (Å²) in [6.45, 7) is 0.421. The van der Waals surface area contributed by atoms with Gasteiger partial charge in [-0.1, -0.05) is 46.3 Å². The van der Waals surface area contributed by atoms with Crippen molar-refractivity contribution in [2.24, 2.45) is 4.99 Å². The van der Waals surface area contributed by atoms with Crippen molar-refractivity contribution in [2.45, 2.75) is 6.54 Å². The molecule has 2 heterocycles. The minimum Gasteiger partial charge on any atom is -0.300 e. The van der Waals surface area contributed by atoms with Crippen LogP contribution in [0.1, 0.15) is 27.3 Å². The molecule has 4 rings (SSSR count). The Bertz CT molecular complexity index is 929. The summed E-state index contributed by atoms with van der Waals surface area (Å²) in [4.78, 5) is 20.2. The van der Waals surface area contributed by atoms with Gasteiger partial charge in [-0.3, -0.25) is 14.4 Å². The molecule has 0 atom stereocenters. The molecule has 0 fully saturated rings. The number of aliphatic imine (C=N–C) groups is 1. The fourth-order valence-corrected chi connectivity index (χ4v) is 3.20. The van der Waals surface area contributed by atoms with E-state index in [0.717, 1.165) is 39.0 Å². The summed E-state index contributed by atoms with van der Waals surface area (Å²) in [5.41, 5.74) is 5.22. The first-order chi connectivity index (χ1) is 11.3. The first-order valence-corrected chi connectivity index (χ1v) is 7.99. The number of aldehydes is 1. The zero-order valence-electron chi connectivity index (χ0n) is 12.1. The first kappa shape index (κ1) is 14.1. The van der Waals surface area contributed by atoms with Crippen molar-refractivity contribution in [3.05, 3.63) is 81.8 Å². The number of aromatic nitrogens is 2. The van der Waals surface area contributed by atoms with E-state index in [2.05, 4.69) is 27.0 Å². The predicted octanol–water partition coefficient (Wildman–Crippen LogP) is 3.80. The second kappa shape index (κ2) is 5.59. The smallest absolute Gasteiger partial charge is 0.170 e. The molecule has 0 saturated carbocycles. The molecule has 1 aliphatic rings. The molecular formula is C18H12BrN3O. The van der Waals surface area contributed by atoms with E-state index in [9.17, 15) is 4.79 Å². The summed E-state index contributed by atoms with van der Waals surface area (Å²) in [7, 11) is 0. The van der Waals surface area contributed by atoms with Gasteiger partial charge in [-0.15, -0.1) is 0 Å². The number of rotatable bonds is 2. The highest BCUT2D eigenvalue weighted by molar-refractivity contribution is 9.10. The third-order valence-corrected chi connectivity index (χ3v) is 4.41. The monoisotopic (exact) mass is 365 g/mol. The van der Waals surface area contributed by atoms with Gasteiger partial charge in [0.2, 0.25) is 0 Å². The fourth-order valence-electron chi connectivity index (χ4n) is 2.84. The molecule has 0 aliphatic carbocycles. The average molecular weight is 366 g/mol. The van der Waals surface area contributed by atoms with E-state index >= 15 is 0 Å². The van der Waals surface area contributed by atoms with Gasteiger partial charge >= 0.3 is 0 Å². The van der Waals surface area contributed by atoms with Crippen LogP contribution in [0, 0.1) is 0 Å². The van der Waals surface area contributed by atoms with Crippen molar-refractivity contribution >= 4 is 27.9 Å². The molecule has 1 aromatic heterocycles. The van der Waals surface area contributed by atoms with Crippen LogP contribution in [0.2, 0.25) is 0 Å². The molecule has 23 heavy (non-hydrogen) atoms. The molecule has 0 saturated heterocycles. The average Bonchev–Trinajstić information content (AvgIpc) is 2.92. The van der Waals surface area contributed by atoms with Crippen molar-refractivity contribution in [2.75, 3.05) is 0 Å². The Balaban J connectivity index is 2.00. The molecule has 0 radical (unpaired) electrons. The first-order valence-electron chi connectivity index (χ1n) is 7.19. The third kappa shape index (κ3) is 2.33. The van der Waals surface area contributed by atoms with Crippen LogP contribution in [0.15, 0.2) is 64.3 Å². The summed E-state index contributed by atoms with van der Waals surface area (Å²) >= 11 is 3.54. The molecule has 5 heteroatoms. The molecule has 3 aromatic rings. The maximum absolute atomic E-state index is 11.2. The maximum Gasteiger partial charge on any atom is 0.170 e. The van der Waals surface area contributed by atoms with Gasteiger partial charge in [-0.2, -0.15) is 0 Å². The van der Waals surface area contributed by atoms with Gasteiger partial charge in [-0.05, 0) is 18.2 Å². The molecule has 4 nitrogen and oxygen atoms in total. The van der Waals surface area contributed by atoms with Crippen molar-refractivity contribution in [1.82, 2.24) is 9.55 Å². The van der Waals surface area contributed by atoms with Crippen LogP contribution in [0.5, 0.6) is 0 Å². The van der Waals surface area contributed by atoms with Gasteiger partial charge in [0.05, 0.1) is 23.6 Å². The van der Waals surface area contributed by atoms with E-state index in [4.69, 9.17) is 4.99 Å². The van der Waals surface area contributed by atoms with Gasteiger partial charge in [0.1, 0.15) is 12.0 Å². The molecule has 0 N–H and O–H groups in total. The summed E-state index contributed by atoms with van der Waals surface area (Å²) in [5.74, 6) is 0. The maximum atomic E-state index is 11.2. The van der Waals surface area contributed by atoms with Crippen LogP contribution < -0.4 is 0 Å². The fraction of sp³-hybridized carbons (Fsp3) is 0.0556. The Morgan fingerprint density at radius 3 is 2.74 bits per heavy atom. The summed E-state index contributed by atoms with van der Waals surface area (Å²) in [6, 6.07) is 16.1. The normalized spacial score (nSPS) is 12.8. The van der Waals surface area contributed by atoms with E-state index in [1.807, 2.05) is 47.0 Å². The largest absolute Gasteiger partial charge is 0.300 e. The van der Waals surface area contributed by atoms with Crippen molar-refractivity contribution in [3.63, 3.8) is 0 Å². The zero-order chi connectivity index (χ0) is 15.8. The van der Waals surface area contributed by atoms with E-state index in [1.54, 1.807) is 6.33 Å². The SMILES string of the molecule is O=Cc1ncn2c1CN=C(c1ccccc1)c1cc(Br)ccc1-2. The Morgan fingerprint density at radius 2 is 1.96 bits per heavy atom. The number of carbonyl (C=O) groups excluding carboxylic acids is 1. The van der Waals surface area contributed by atoms with Crippen LogP contribution in [-0.2, 0) is 6.54 Å². The van der Waals surface area contributed by atoms with E-state index < -0.39 is 0 Å². The van der Waals surface area contributed by atoms with E-state index in [1.165, 1.54) is 0 Å². The van der Waals surface area contributed by atoms with Crippen LogP contribution in [0.3, 0.4) is 0 Å². The van der Waals surface area contributed by atoms with Gasteiger partial charge in [0.15, 0.2) is 6.29 Å². The lowest BCUT2D eigenvalue weighted by Gasteiger charge is -2.12. The number of fused-ring (bicyclic) bond motifs is 3. The van der Waals surface area contributed by atoms with Crippen molar-refractivity contribution < 1.29 is 4.79 Å². The standard InChI is InChI=1S/C18H12BrN3O/c19-13-6-7-16-14(8-13)18(12-4-2-1-3-5-12)20-9-17-15(10-23)21-11-22(16)17/h1-8,10-11H,9H2. The number of nitrogens with zero attached hydrogens (tertiary/aromatic N) is 3. The topological polar surface area (TPSA) is 47.2 Å². The molecule has 0 spiro atoms. The highest BCUT2D eigenvalue weighted by atomic mass is 79.9. The van der Waals surface area contributed by atoms with Gasteiger partial charge < -0.3 is 0 Å². The molecule has 2 aromatic carbocycles. The van der Waals surface area contributed by atoms with Gasteiger partial charge in [-0.25, -0.2) is 4.98 Å². The number of carbonyl (C=O) groups is 1. The van der Waals surface area contributed by atoms with Crippen molar-refractivity contribution in [1.29, 1.82) is 0 Å². The molecule has 112 valence electrons. The van der Waals surface area contributed by atoms with Crippen molar-refractivity contribution in [3.8, 4) is 5.69 Å².